The molecule has 0 fully saturated rings. The van der Waals surface area contributed by atoms with E-state index in [-0.39, 0.29) is 5.78 Å². The number of ketones is 1. The summed E-state index contributed by atoms with van der Waals surface area (Å²) >= 11 is 0. The van der Waals surface area contributed by atoms with Crippen LogP contribution in [-0.4, -0.2) is 5.78 Å². The molecule has 0 N–H and O–H groups in total. The Labute approximate surface area is 81.5 Å². The van der Waals surface area contributed by atoms with Gasteiger partial charge in [-0.1, -0.05) is 31.6 Å². The summed E-state index contributed by atoms with van der Waals surface area (Å²) in [5, 5.41) is 0. The fourth-order valence-corrected chi connectivity index (χ4v) is 1.10. The maximum Gasteiger partial charge on any atom is 0.156 e. The smallest absolute Gasteiger partial charge is 0.156 e. The van der Waals surface area contributed by atoms with Crippen molar-refractivity contribution in [1.29, 1.82) is 0 Å². The zero-order valence-electron chi connectivity index (χ0n) is 9.35. The van der Waals surface area contributed by atoms with Gasteiger partial charge < -0.3 is 0 Å². The minimum Gasteiger partial charge on any atom is -0.295 e. The van der Waals surface area contributed by atoms with E-state index in [1.54, 1.807) is 6.92 Å². The van der Waals surface area contributed by atoms with Crippen molar-refractivity contribution in [3.63, 3.8) is 0 Å². The van der Waals surface area contributed by atoms with E-state index >= 15 is 0 Å². The molecule has 0 heterocycles. The summed E-state index contributed by atoms with van der Waals surface area (Å²) in [6.45, 7) is 9.89. The zero-order valence-corrected chi connectivity index (χ0v) is 9.35. The second-order valence-electron chi connectivity index (χ2n) is 3.73. The Morgan fingerprint density at radius 2 is 1.77 bits per heavy atom. The van der Waals surface area contributed by atoms with Crippen LogP contribution in [0.15, 0.2) is 23.3 Å². The van der Waals surface area contributed by atoms with Crippen molar-refractivity contribution < 1.29 is 4.79 Å². The first-order valence-electron chi connectivity index (χ1n) is 4.85. The predicted octanol–water partition coefficient (Wildman–Crippen LogP) is 3.51. The minimum absolute atomic E-state index is 0.187. The average molecular weight is 180 g/mol. The molecule has 0 aromatic rings. The Hall–Kier alpha value is -0.850. The lowest BCUT2D eigenvalue weighted by Gasteiger charge is -2.09. The van der Waals surface area contributed by atoms with Crippen molar-refractivity contribution in [3.05, 3.63) is 23.3 Å². The molecular weight excluding hydrogens is 160 g/mol. The third-order valence-electron chi connectivity index (χ3n) is 2.15. The first-order chi connectivity index (χ1) is 5.99. The molecule has 0 amide bonds. The summed E-state index contributed by atoms with van der Waals surface area (Å²) in [5.41, 5.74) is 2.16. The van der Waals surface area contributed by atoms with Crippen LogP contribution >= 0.6 is 0 Å². The molecule has 0 saturated heterocycles. The molecule has 74 valence electrons. The molecule has 0 bridgehead atoms. The Morgan fingerprint density at radius 1 is 1.23 bits per heavy atom. The number of carbonyl (C=O) groups excluding carboxylic acids is 1. The summed E-state index contributed by atoms with van der Waals surface area (Å²) in [6.07, 6.45) is 4.97. The molecule has 1 atom stereocenters. The highest BCUT2D eigenvalue weighted by Crippen LogP contribution is 2.15. The van der Waals surface area contributed by atoms with Gasteiger partial charge in [-0.05, 0) is 38.7 Å². The van der Waals surface area contributed by atoms with Crippen LogP contribution in [0.2, 0.25) is 0 Å². The fourth-order valence-electron chi connectivity index (χ4n) is 1.10. The van der Waals surface area contributed by atoms with Crippen LogP contribution in [0.5, 0.6) is 0 Å². The monoisotopic (exact) mass is 180 g/mol. The van der Waals surface area contributed by atoms with E-state index in [0.29, 0.717) is 5.92 Å². The molecule has 1 unspecified atom stereocenters. The van der Waals surface area contributed by atoms with Crippen LogP contribution in [0.4, 0.5) is 0 Å². The van der Waals surface area contributed by atoms with E-state index in [2.05, 4.69) is 13.8 Å². The lowest BCUT2D eigenvalue weighted by atomic mass is 9.95. The standard InChI is InChI=1S/C12H20O/c1-6-10(4)12(11(5)13)8-7-9(2)3/h7-8,10H,6H2,1-5H3/b12-8+. The summed E-state index contributed by atoms with van der Waals surface area (Å²) in [4.78, 5) is 11.3. The molecule has 0 aliphatic heterocycles. The highest BCUT2D eigenvalue weighted by Gasteiger charge is 2.09. The predicted molar refractivity (Wildman–Crippen MR) is 57.7 cm³/mol. The topological polar surface area (TPSA) is 17.1 Å². The molecule has 0 rings (SSSR count). The SMILES string of the molecule is CCC(C)/C(=C\C=C(C)C)C(C)=O. The van der Waals surface area contributed by atoms with Crippen molar-refractivity contribution in [2.75, 3.05) is 0 Å². The van der Waals surface area contributed by atoms with Gasteiger partial charge in [-0.15, -0.1) is 0 Å². The normalized spacial score (nSPS) is 13.8. The van der Waals surface area contributed by atoms with E-state index in [0.717, 1.165) is 12.0 Å². The summed E-state index contributed by atoms with van der Waals surface area (Å²) in [7, 11) is 0. The van der Waals surface area contributed by atoms with Gasteiger partial charge in [0.05, 0.1) is 0 Å². The second kappa shape index (κ2) is 5.74. The molecule has 0 aromatic heterocycles. The Balaban J connectivity index is 4.71. The number of Topliss-reactive ketones (excluding diaryl/α,β-unsaturated/α-hetero) is 1. The number of hydrogen-bond acceptors (Lipinski definition) is 1. The van der Waals surface area contributed by atoms with E-state index in [9.17, 15) is 4.79 Å². The highest BCUT2D eigenvalue weighted by atomic mass is 16.1. The van der Waals surface area contributed by atoms with Gasteiger partial charge in [-0.2, -0.15) is 0 Å². The quantitative estimate of drug-likeness (QED) is 0.478. The Kier molecular flexibility index (Phi) is 5.36. The Bertz CT molecular complexity index is 230. The number of hydrogen-bond donors (Lipinski definition) is 0. The molecule has 0 aliphatic rings. The molecular formula is C12H20O. The van der Waals surface area contributed by atoms with Gasteiger partial charge in [0.25, 0.3) is 0 Å². The molecule has 0 aliphatic carbocycles. The van der Waals surface area contributed by atoms with E-state index in [1.165, 1.54) is 5.57 Å². The van der Waals surface area contributed by atoms with Gasteiger partial charge in [0.2, 0.25) is 0 Å². The van der Waals surface area contributed by atoms with Crippen LogP contribution in [0, 0.1) is 5.92 Å². The van der Waals surface area contributed by atoms with E-state index < -0.39 is 0 Å². The molecule has 0 radical (unpaired) electrons. The third-order valence-corrected chi connectivity index (χ3v) is 2.15. The highest BCUT2D eigenvalue weighted by molar-refractivity contribution is 5.93. The van der Waals surface area contributed by atoms with Crippen molar-refractivity contribution in [1.82, 2.24) is 0 Å². The largest absolute Gasteiger partial charge is 0.295 e. The van der Waals surface area contributed by atoms with Crippen molar-refractivity contribution >= 4 is 5.78 Å². The second-order valence-corrected chi connectivity index (χ2v) is 3.73. The van der Waals surface area contributed by atoms with E-state index in [4.69, 9.17) is 0 Å². The van der Waals surface area contributed by atoms with Crippen LogP contribution in [0.1, 0.15) is 41.0 Å². The number of allylic oxidation sites excluding steroid dienone is 4. The molecule has 0 aromatic carbocycles. The van der Waals surface area contributed by atoms with Gasteiger partial charge in [0.1, 0.15) is 0 Å². The fraction of sp³-hybridized carbons (Fsp3) is 0.583. The summed E-state index contributed by atoms with van der Waals surface area (Å²) in [5.74, 6) is 0.556. The molecule has 0 spiro atoms. The Morgan fingerprint density at radius 3 is 2.08 bits per heavy atom. The molecule has 1 heteroatoms. The van der Waals surface area contributed by atoms with Crippen LogP contribution in [0.25, 0.3) is 0 Å². The van der Waals surface area contributed by atoms with Crippen LogP contribution < -0.4 is 0 Å². The van der Waals surface area contributed by atoms with Gasteiger partial charge >= 0.3 is 0 Å². The number of carbonyl (C=O) groups is 1. The van der Waals surface area contributed by atoms with Gasteiger partial charge in [-0.3, -0.25) is 4.79 Å². The third kappa shape index (κ3) is 4.66. The molecule has 0 saturated carbocycles. The maximum absolute atomic E-state index is 11.3. The zero-order chi connectivity index (χ0) is 10.4. The van der Waals surface area contributed by atoms with Gasteiger partial charge in [-0.25, -0.2) is 0 Å². The van der Waals surface area contributed by atoms with E-state index in [1.807, 2.05) is 26.0 Å². The van der Waals surface area contributed by atoms with Crippen molar-refractivity contribution in [2.45, 2.75) is 41.0 Å². The first kappa shape index (κ1) is 12.2. The molecule has 13 heavy (non-hydrogen) atoms. The van der Waals surface area contributed by atoms with Crippen LogP contribution in [0.3, 0.4) is 0 Å². The molecule has 1 nitrogen and oxygen atoms in total. The number of rotatable bonds is 4. The van der Waals surface area contributed by atoms with Gasteiger partial charge in [0, 0.05) is 0 Å². The summed E-state index contributed by atoms with van der Waals surface area (Å²) in [6, 6.07) is 0. The lowest BCUT2D eigenvalue weighted by molar-refractivity contribution is -0.114. The van der Waals surface area contributed by atoms with Crippen LogP contribution in [-0.2, 0) is 4.79 Å². The average Bonchev–Trinajstić information content (AvgIpc) is 2.03. The lowest BCUT2D eigenvalue weighted by Crippen LogP contribution is -2.06. The van der Waals surface area contributed by atoms with Crippen molar-refractivity contribution in [2.24, 2.45) is 5.92 Å². The first-order valence-corrected chi connectivity index (χ1v) is 4.85. The van der Waals surface area contributed by atoms with Crippen molar-refractivity contribution in [3.8, 4) is 0 Å². The van der Waals surface area contributed by atoms with Gasteiger partial charge in [0.15, 0.2) is 5.78 Å². The summed E-state index contributed by atoms with van der Waals surface area (Å²) < 4.78 is 0. The minimum atomic E-state index is 0.187. The maximum atomic E-state index is 11.3.